The Balaban J connectivity index is 2.23. The zero-order valence-corrected chi connectivity index (χ0v) is 12.4. The molecule has 0 spiro atoms. The first kappa shape index (κ1) is 15.3. The summed E-state index contributed by atoms with van der Waals surface area (Å²) in [5.41, 5.74) is 6.76. The van der Waals surface area contributed by atoms with Crippen molar-refractivity contribution in [2.45, 2.75) is 29.2 Å². The van der Waals surface area contributed by atoms with Crippen molar-refractivity contribution < 1.29 is 8.78 Å². The second-order valence-corrected chi connectivity index (χ2v) is 6.11. The van der Waals surface area contributed by atoms with Gasteiger partial charge in [0, 0.05) is 10.9 Å². The molecule has 2 N–H and O–H groups in total. The highest BCUT2D eigenvalue weighted by atomic mass is 35.5. The lowest BCUT2D eigenvalue weighted by molar-refractivity contribution is 0.577. The maximum atomic E-state index is 13.6. The summed E-state index contributed by atoms with van der Waals surface area (Å²) in [5.74, 6) is -0.939. The van der Waals surface area contributed by atoms with Crippen LogP contribution in [0.2, 0.25) is 5.02 Å². The molecule has 0 aliphatic rings. The van der Waals surface area contributed by atoms with Crippen molar-refractivity contribution in [2.75, 3.05) is 0 Å². The van der Waals surface area contributed by atoms with E-state index >= 15 is 0 Å². The average Bonchev–Trinajstić information content (AvgIpc) is 2.36. The molecular formula is C15H14ClF2NS. The molecule has 1 atom stereocenters. The van der Waals surface area contributed by atoms with Crippen LogP contribution < -0.4 is 5.73 Å². The fourth-order valence-corrected chi connectivity index (χ4v) is 2.99. The van der Waals surface area contributed by atoms with Crippen molar-refractivity contribution in [2.24, 2.45) is 5.73 Å². The predicted octanol–water partition coefficient (Wildman–Crippen LogP) is 4.66. The van der Waals surface area contributed by atoms with Crippen LogP contribution in [0.5, 0.6) is 0 Å². The van der Waals surface area contributed by atoms with Gasteiger partial charge in [0.25, 0.3) is 0 Å². The van der Waals surface area contributed by atoms with E-state index in [1.54, 1.807) is 6.07 Å². The normalized spacial score (nSPS) is 12.4. The lowest BCUT2D eigenvalue weighted by Crippen LogP contribution is -2.17. The predicted molar refractivity (Wildman–Crippen MR) is 79.3 cm³/mol. The molecule has 0 bridgehead atoms. The van der Waals surface area contributed by atoms with Gasteiger partial charge in [-0.15, -0.1) is 0 Å². The van der Waals surface area contributed by atoms with Gasteiger partial charge < -0.3 is 5.73 Å². The maximum absolute atomic E-state index is 13.6. The molecule has 0 saturated heterocycles. The molecule has 0 heterocycles. The van der Waals surface area contributed by atoms with Crippen LogP contribution in [-0.4, -0.2) is 6.04 Å². The third-order valence-corrected chi connectivity index (χ3v) is 4.20. The number of benzene rings is 2. The number of halogens is 3. The van der Waals surface area contributed by atoms with Crippen LogP contribution in [-0.2, 0) is 6.42 Å². The summed E-state index contributed by atoms with van der Waals surface area (Å²) in [6.45, 7) is 1.92. The Morgan fingerprint density at radius 2 is 1.90 bits per heavy atom. The SMILES string of the molecule is CC(N)Cc1ccc(Sc2cc(F)ccc2F)c(Cl)c1. The van der Waals surface area contributed by atoms with Gasteiger partial charge in [-0.1, -0.05) is 29.4 Å². The van der Waals surface area contributed by atoms with Crippen LogP contribution in [0.3, 0.4) is 0 Å². The first-order valence-corrected chi connectivity index (χ1v) is 7.32. The molecule has 106 valence electrons. The van der Waals surface area contributed by atoms with Crippen LogP contribution in [0.15, 0.2) is 46.2 Å². The minimum absolute atomic E-state index is 0.0465. The average molecular weight is 314 g/mol. The second kappa shape index (κ2) is 6.57. The highest BCUT2D eigenvalue weighted by Crippen LogP contribution is 2.35. The Bertz CT molecular complexity index is 617. The number of hydrogen-bond acceptors (Lipinski definition) is 2. The summed E-state index contributed by atoms with van der Waals surface area (Å²) in [6, 6.07) is 8.91. The van der Waals surface area contributed by atoms with Crippen LogP contribution in [0.25, 0.3) is 0 Å². The Hall–Kier alpha value is -1.10. The number of nitrogens with two attached hydrogens (primary N) is 1. The third kappa shape index (κ3) is 3.95. The van der Waals surface area contributed by atoms with Crippen molar-refractivity contribution in [3.8, 4) is 0 Å². The van der Waals surface area contributed by atoms with E-state index in [0.29, 0.717) is 9.92 Å². The molecule has 5 heteroatoms. The van der Waals surface area contributed by atoms with E-state index in [0.717, 1.165) is 41.9 Å². The summed E-state index contributed by atoms with van der Waals surface area (Å²) in [7, 11) is 0. The zero-order valence-electron chi connectivity index (χ0n) is 10.9. The first-order valence-electron chi connectivity index (χ1n) is 6.12. The van der Waals surface area contributed by atoms with Gasteiger partial charge in [0.2, 0.25) is 0 Å². The van der Waals surface area contributed by atoms with Gasteiger partial charge in [0.1, 0.15) is 11.6 Å². The fourth-order valence-electron chi connectivity index (χ4n) is 1.80. The summed E-state index contributed by atoms with van der Waals surface area (Å²) in [6.07, 6.45) is 0.721. The van der Waals surface area contributed by atoms with Crippen molar-refractivity contribution in [3.63, 3.8) is 0 Å². The van der Waals surface area contributed by atoms with Gasteiger partial charge in [0.15, 0.2) is 0 Å². The molecule has 2 rings (SSSR count). The van der Waals surface area contributed by atoms with Gasteiger partial charge in [-0.05, 0) is 49.2 Å². The van der Waals surface area contributed by atoms with Crippen LogP contribution in [0, 0.1) is 11.6 Å². The van der Waals surface area contributed by atoms with Crippen molar-refractivity contribution >= 4 is 23.4 Å². The van der Waals surface area contributed by atoms with Gasteiger partial charge in [0.05, 0.1) is 9.92 Å². The number of hydrogen-bond donors (Lipinski definition) is 1. The molecule has 0 radical (unpaired) electrons. The minimum atomic E-state index is -0.474. The molecule has 2 aromatic carbocycles. The van der Waals surface area contributed by atoms with Crippen LogP contribution in [0.1, 0.15) is 12.5 Å². The first-order chi connectivity index (χ1) is 9.45. The Labute approximate surface area is 126 Å². The molecule has 0 aliphatic heterocycles. The Kier molecular flexibility index (Phi) is 5.02. The van der Waals surface area contributed by atoms with E-state index in [1.165, 1.54) is 0 Å². The van der Waals surface area contributed by atoms with Crippen molar-refractivity contribution in [1.82, 2.24) is 0 Å². The maximum Gasteiger partial charge on any atom is 0.137 e. The van der Waals surface area contributed by atoms with Crippen LogP contribution >= 0.6 is 23.4 Å². The lowest BCUT2D eigenvalue weighted by atomic mass is 10.1. The fraction of sp³-hybridized carbons (Fsp3) is 0.200. The van der Waals surface area contributed by atoms with E-state index in [4.69, 9.17) is 17.3 Å². The molecule has 20 heavy (non-hydrogen) atoms. The quantitative estimate of drug-likeness (QED) is 0.888. The topological polar surface area (TPSA) is 26.0 Å². The number of rotatable bonds is 4. The molecule has 0 aliphatic carbocycles. The molecular weight excluding hydrogens is 300 g/mol. The zero-order chi connectivity index (χ0) is 14.7. The monoisotopic (exact) mass is 313 g/mol. The van der Waals surface area contributed by atoms with Crippen molar-refractivity contribution in [3.05, 3.63) is 58.6 Å². The van der Waals surface area contributed by atoms with Gasteiger partial charge in [-0.2, -0.15) is 0 Å². The molecule has 0 amide bonds. The lowest BCUT2D eigenvalue weighted by Gasteiger charge is -2.09. The molecule has 2 aromatic rings. The van der Waals surface area contributed by atoms with E-state index in [-0.39, 0.29) is 10.9 Å². The highest BCUT2D eigenvalue weighted by molar-refractivity contribution is 7.99. The van der Waals surface area contributed by atoms with E-state index in [9.17, 15) is 8.78 Å². The van der Waals surface area contributed by atoms with Crippen molar-refractivity contribution in [1.29, 1.82) is 0 Å². The summed E-state index contributed by atoms with van der Waals surface area (Å²) < 4.78 is 26.7. The van der Waals surface area contributed by atoms with Gasteiger partial charge in [-0.25, -0.2) is 8.78 Å². The van der Waals surface area contributed by atoms with E-state index in [1.807, 2.05) is 19.1 Å². The van der Waals surface area contributed by atoms with Gasteiger partial charge >= 0.3 is 0 Å². The molecule has 0 saturated carbocycles. The largest absolute Gasteiger partial charge is 0.328 e. The smallest absolute Gasteiger partial charge is 0.137 e. The third-order valence-electron chi connectivity index (χ3n) is 2.67. The molecule has 0 aromatic heterocycles. The van der Waals surface area contributed by atoms with Gasteiger partial charge in [-0.3, -0.25) is 0 Å². The highest BCUT2D eigenvalue weighted by Gasteiger charge is 2.10. The Morgan fingerprint density at radius 1 is 1.15 bits per heavy atom. The Morgan fingerprint density at radius 3 is 2.55 bits per heavy atom. The summed E-state index contributed by atoms with van der Waals surface area (Å²) >= 11 is 7.28. The molecule has 0 fully saturated rings. The van der Waals surface area contributed by atoms with Crippen LogP contribution in [0.4, 0.5) is 8.78 Å². The van der Waals surface area contributed by atoms with E-state index < -0.39 is 11.6 Å². The summed E-state index contributed by atoms with van der Waals surface area (Å²) in [5, 5.41) is 0.511. The van der Waals surface area contributed by atoms with E-state index in [2.05, 4.69) is 0 Å². The summed E-state index contributed by atoms with van der Waals surface area (Å²) in [4.78, 5) is 0.899. The molecule has 1 nitrogen and oxygen atoms in total. The second-order valence-electron chi connectivity index (χ2n) is 4.62. The molecule has 1 unspecified atom stereocenters. The standard InChI is InChI=1S/C15H14ClF2NS/c1-9(19)6-10-2-5-14(12(16)7-10)20-15-8-11(17)3-4-13(15)18/h2-5,7-9H,6,19H2,1H3. The minimum Gasteiger partial charge on any atom is -0.328 e.